The Labute approximate surface area is 219 Å². The van der Waals surface area contributed by atoms with E-state index in [0.717, 1.165) is 30.5 Å². The Morgan fingerprint density at radius 3 is 2.59 bits per heavy atom. The fraction of sp³-hybridized carbons (Fsp3) is 0.364. The summed E-state index contributed by atoms with van der Waals surface area (Å²) in [4.78, 5) is 43.1. The molecule has 0 fully saturated rings. The molecule has 3 aromatic rings. The minimum absolute atomic E-state index is 0.0910. The number of carbonyl (C=O) groups is 2. The van der Waals surface area contributed by atoms with Crippen LogP contribution in [-0.4, -0.2) is 63.9 Å². The number of halogens is 4. The lowest BCUT2D eigenvalue weighted by Crippen LogP contribution is -2.27. The van der Waals surface area contributed by atoms with Gasteiger partial charge in [-0.05, 0) is 33.5 Å². The van der Waals surface area contributed by atoms with Crippen LogP contribution in [-0.2, 0) is 6.18 Å². The molecule has 0 bridgehead atoms. The van der Waals surface area contributed by atoms with Crippen molar-refractivity contribution in [1.82, 2.24) is 30.2 Å². The van der Waals surface area contributed by atoms with Gasteiger partial charge in [0.05, 0.1) is 29.4 Å². The van der Waals surface area contributed by atoms with E-state index in [2.05, 4.69) is 30.6 Å². The summed E-state index contributed by atoms with van der Waals surface area (Å²) in [6.07, 6.45) is -0.631. The third-order valence-electron chi connectivity index (χ3n) is 4.74. The van der Waals surface area contributed by atoms with Gasteiger partial charge in [0.2, 0.25) is 5.88 Å². The Kier molecular flexibility index (Phi) is 9.34. The number of hydrogen-bond acceptors (Lipinski definition) is 9. The molecule has 3 aromatic heterocycles. The van der Waals surface area contributed by atoms with Crippen LogP contribution in [0.2, 0.25) is 5.02 Å². The molecule has 3 heterocycles. The number of alkyl halides is 3. The maximum absolute atomic E-state index is 13.0. The predicted molar refractivity (Wildman–Crippen MR) is 131 cm³/mol. The molecule has 0 saturated heterocycles. The lowest BCUT2D eigenvalue weighted by molar-refractivity contribution is -0.137. The summed E-state index contributed by atoms with van der Waals surface area (Å²) in [7, 11) is 3.91. The SMILES string of the molecule is CC(NC(=O)c1cc(OCCCN(C)C)ncn1)c1ncc(C(=O)Nc2cc(C(F)(F)F)c(Cl)cn2)s1. The van der Waals surface area contributed by atoms with Gasteiger partial charge in [-0.15, -0.1) is 11.3 Å². The number of ether oxygens (including phenoxy) is 1. The van der Waals surface area contributed by atoms with Crippen LogP contribution in [0.25, 0.3) is 0 Å². The number of amides is 2. The summed E-state index contributed by atoms with van der Waals surface area (Å²) in [6.45, 7) is 2.93. The van der Waals surface area contributed by atoms with Crippen LogP contribution in [0.4, 0.5) is 19.0 Å². The third kappa shape index (κ3) is 8.06. The van der Waals surface area contributed by atoms with Crippen LogP contribution in [0.3, 0.4) is 0 Å². The number of aromatic nitrogens is 4. The highest BCUT2D eigenvalue weighted by molar-refractivity contribution is 7.13. The molecule has 1 atom stereocenters. The van der Waals surface area contributed by atoms with Crippen LogP contribution in [0, 0.1) is 0 Å². The van der Waals surface area contributed by atoms with E-state index >= 15 is 0 Å². The zero-order valence-corrected chi connectivity index (χ0v) is 21.5. The fourth-order valence-corrected chi connectivity index (χ4v) is 3.95. The Bertz CT molecular complexity index is 1260. The van der Waals surface area contributed by atoms with Crippen molar-refractivity contribution in [3.63, 3.8) is 0 Å². The quantitative estimate of drug-likeness (QED) is 0.358. The number of nitrogens with one attached hydrogen (secondary N) is 2. The first kappa shape index (κ1) is 28.2. The predicted octanol–water partition coefficient (Wildman–Crippen LogP) is 4.07. The Morgan fingerprint density at radius 2 is 1.89 bits per heavy atom. The van der Waals surface area contributed by atoms with Gasteiger partial charge in [-0.3, -0.25) is 9.59 Å². The average Bonchev–Trinajstić information content (AvgIpc) is 3.33. The van der Waals surface area contributed by atoms with Crippen molar-refractivity contribution in [3.05, 3.63) is 57.0 Å². The molecule has 0 radical (unpaired) electrons. The number of pyridine rings is 1. The molecule has 0 spiro atoms. The summed E-state index contributed by atoms with van der Waals surface area (Å²) >= 11 is 6.51. The molecule has 2 amide bonds. The van der Waals surface area contributed by atoms with Crippen molar-refractivity contribution in [2.45, 2.75) is 25.6 Å². The van der Waals surface area contributed by atoms with Crippen molar-refractivity contribution < 1.29 is 27.5 Å². The molecule has 2 N–H and O–H groups in total. The van der Waals surface area contributed by atoms with Crippen molar-refractivity contribution in [3.8, 4) is 5.88 Å². The van der Waals surface area contributed by atoms with Crippen molar-refractivity contribution in [2.24, 2.45) is 0 Å². The molecule has 3 rings (SSSR count). The van der Waals surface area contributed by atoms with Gasteiger partial charge in [0, 0.05) is 18.8 Å². The minimum Gasteiger partial charge on any atom is -0.478 e. The molecule has 10 nitrogen and oxygen atoms in total. The Morgan fingerprint density at radius 1 is 1.14 bits per heavy atom. The van der Waals surface area contributed by atoms with E-state index in [4.69, 9.17) is 16.3 Å². The van der Waals surface area contributed by atoms with Crippen LogP contribution >= 0.6 is 22.9 Å². The highest BCUT2D eigenvalue weighted by atomic mass is 35.5. The number of carbonyl (C=O) groups excluding carboxylic acids is 2. The average molecular weight is 558 g/mol. The summed E-state index contributed by atoms with van der Waals surface area (Å²) in [6, 6.07) is 1.48. The minimum atomic E-state index is -4.70. The molecule has 1 unspecified atom stereocenters. The van der Waals surface area contributed by atoms with Crippen molar-refractivity contribution in [1.29, 1.82) is 0 Å². The largest absolute Gasteiger partial charge is 0.478 e. The summed E-state index contributed by atoms with van der Waals surface area (Å²) in [5.41, 5.74) is -1.03. The highest BCUT2D eigenvalue weighted by Gasteiger charge is 2.34. The maximum atomic E-state index is 13.0. The second kappa shape index (κ2) is 12.3. The first-order chi connectivity index (χ1) is 17.4. The van der Waals surface area contributed by atoms with Gasteiger partial charge in [0.25, 0.3) is 11.8 Å². The molecule has 0 aromatic carbocycles. The fourth-order valence-electron chi connectivity index (χ4n) is 2.93. The third-order valence-corrected chi connectivity index (χ3v) is 6.22. The summed E-state index contributed by atoms with van der Waals surface area (Å²) < 4.78 is 44.7. The van der Waals surface area contributed by atoms with E-state index in [0.29, 0.717) is 17.7 Å². The topological polar surface area (TPSA) is 122 Å². The van der Waals surface area contributed by atoms with Crippen LogP contribution in [0.1, 0.15) is 50.1 Å². The number of hydrogen-bond donors (Lipinski definition) is 2. The normalized spacial score (nSPS) is 12.3. The molecule has 198 valence electrons. The first-order valence-corrected chi connectivity index (χ1v) is 12.0. The zero-order chi connectivity index (χ0) is 27.2. The van der Waals surface area contributed by atoms with Crippen molar-refractivity contribution >= 4 is 40.6 Å². The molecule has 0 saturated carbocycles. The van der Waals surface area contributed by atoms with Crippen LogP contribution in [0.15, 0.2) is 30.9 Å². The van der Waals surface area contributed by atoms with E-state index in [9.17, 15) is 22.8 Å². The molecular weight excluding hydrogens is 535 g/mol. The number of thiazole rings is 1. The second-order valence-electron chi connectivity index (χ2n) is 8.01. The van der Waals surface area contributed by atoms with Crippen LogP contribution < -0.4 is 15.4 Å². The maximum Gasteiger partial charge on any atom is 0.418 e. The second-order valence-corrected chi connectivity index (χ2v) is 9.48. The number of anilines is 1. The van der Waals surface area contributed by atoms with Gasteiger partial charge in [0.15, 0.2) is 0 Å². The Balaban J connectivity index is 1.60. The van der Waals surface area contributed by atoms with Crippen molar-refractivity contribution in [2.75, 3.05) is 32.6 Å². The standard InChI is InChI=1S/C22H23ClF3N7O3S/c1-12(31-19(34)15-8-18(30-11-29-15)36-6-4-5-33(2)3)21-28-10-16(37-21)20(35)32-17-7-13(22(24,25)26)14(23)9-27-17/h7-12H,4-6H2,1-3H3,(H,31,34)(H,27,32,35). The lowest BCUT2D eigenvalue weighted by Gasteiger charge is -2.12. The van der Waals surface area contributed by atoms with E-state index < -0.39 is 34.6 Å². The van der Waals surface area contributed by atoms with E-state index in [1.807, 2.05) is 19.0 Å². The Hall–Kier alpha value is -3.36. The van der Waals surface area contributed by atoms with Gasteiger partial charge < -0.3 is 20.3 Å². The van der Waals surface area contributed by atoms with E-state index in [1.165, 1.54) is 18.6 Å². The van der Waals surface area contributed by atoms with Gasteiger partial charge in [-0.1, -0.05) is 11.6 Å². The molecule has 0 aliphatic heterocycles. The van der Waals surface area contributed by atoms with Gasteiger partial charge >= 0.3 is 6.18 Å². The number of nitrogens with zero attached hydrogens (tertiary/aromatic N) is 5. The van der Waals surface area contributed by atoms with E-state index in [1.54, 1.807) is 6.92 Å². The monoisotopic (exact) mass is 557 g/mol. The summed E-state index contributed by atoms with van der Waals surface area (Å²) in [5, 5.41) is 4.83. The smallest absolute Gasteiger partial charge is 0.418 e. The zero-order valence-electron chi connectivity index (χ0n) is 20.0. The molecule has 37 heavy (non-hydrogen) atoms. The molecule has 0 aliphatic rings. The highest BCUT2D eigenvalue weighted by Crippen LogP contribution is 2.35. The summed E-state index contributed by atoms with van der Waals surface area (Å²) in [5.74, 6) is -1.26. The van der Waals surface area contributed by atoms with Gasteiger partial charge in [-0.2, -0.15) is 13.2 Å². The van der Waals surface area contributed by atoms with Gasteiger partial charge in [0.1, 0.15) is 27.7 Å². The lowest BCUT2D eigenvalue weighted by atomic mass is 10.2. The first-order valence-electron chi connectivity index (χ1n) is 10.8. The number of rotatable bonds is 10. The van der Waals surface area contributed by atoms with Gasteiger partial charge in [-0.25, -0.2) is 19.9 Å². The van der Waals surface area contributed by atoms with Crippen LogP contribution in [0.5, 0.6) is 5.88 Å². The molecule has 0 aliphatic carbocycles. The molecule has 15 heteroatoms. The van der Waals surface area contributed by atoms with E-state index in [-0.39, 0.29) is 22.3 Å². The molecular formula is C22H23ClF3N7O3S.